The molecule has 4 N–H and O–H groups in total. The summed E-state index contributed by atoms with van der Waals surface area (Å²) in [7, 11) is 0. The summed E-state index contributed by atoms with van der Waals surface area (Å²) in [6.07, 6.45) is 7.93. The Hall–Kier alpha value is -1.80. The molecule has 0 radical (unpaired) electrons. The van der Waals surface area contributed by atoms with Crippen molar-refractivity contribution in [3.05, 3.63) is 70.8 Å². The number of aliphatic hydroxyl groups is 4. The van der Waals surface area contributed by atoms with E-state index in [0.717, 1.165) is 0 Å². The van der Waals surface area contributed by atoms with Crippen molar-refractivity contribution in [2.45, 2.75) is 38.5 Å². The first-order valence-electron chi connectivity index (χ1n) is 11.5. The molecule has 0 amide bonds. The summed E-state index contributed by atoms with van der Waals surface area (Å²) in [4.78, 5) is 0. The van der Waals surface area contributed by atoms with Crippen molar-refractivity contribution in [1.82, 2.24) is 0 Å². The number of benzene rings is 2. The molecule has 0 fully saturated rings. The Labute approximate surface area is 192 Å². The quantitative estimate of drug-likeness (QED) is 0.463. The van der Waals surface area contributed by atoms with Gasteiger partial charge in [-0.3, -0.25) is 0 Å². The van der Waals surface area contributed by atoms with E-state index in [2.05, 4.69) is 58.0 Å². The molecule has 2 aliphatic rings. The number of rotatable bonds is 8. The minimum Gasteiger partial charge on any atom is -0.394 e. The van der Waals surface area contributed by atoms with Gasteiger partial charge in [0.15, 0.2) is 0 Å². The molecule has 32 heavy (non-hydrogen) atoms. The van der Waals surface area contributed by atoms with Gasteiger partial charge in [-0.05, 0) is 60.8 Å². The highest BCUT2D eigenvalue weighted by Gasteiger charge is 2.08. The van der Waals surface area contributed by atoms with Gasteiger partial charge in [0.25, 0.3) is 0 Å². The van der Waals surface area contributed by atoms with Crippen LogP contribution in [0.1, 0.15) is 35.1 Å². The van der Waals surface area contributed by atoms with Gasteiger partial charge in [0.05, 0.1) is 52.9 Å². The van der Waals surface area contributed by atoms with Crippen molar-refractivity contribution in [3.63, 3.8) is 0 Å². The van der Waals surface area contributed by atoms with Gasteiger partial charge in [-0.25, -0.2) is 0 Å². The lowest BCUT2D eigenvalue weighted by molar-refractivity contribution is 0.0649. The number of aryl methyl sites for hydroxylation is 4. The van der Waals surface area contributed by atoms with Gasteiger partial charge in [0.1, 0.15) is 0 Å². The zero-order valence-corrected chi connectivity index (χ0v) is 19.1. The maximum Gasteiger partial charge on any atom is 0.0698 e. The molecule has 0 aliphatic heterocycles. The molecule has 2 aromatic rings. The number of hydrogen-bond acceptors (Lipinski definition) is 6. The van der Waals surface area contributed by atoms with Gasteiger partial charge in [-0.15, -0.1) is 0 Å². The molecule has 6 nitrogen and oxygen atoms in total. The van der Waals surface area contributed by atoms with E-state index in [1.165, 1.54) is 38.5 Å². The molecule has 0 spiro atoms. The van der Waals surface area contributed by atoms with Crippen LogP contribution < -0.4 is 0 Å². The minimum absolute atomic E-state index is 0.0278. The van der Waals surface area contributed by atoms with Gasteiger partial charge in [0, 0.05) is 0 Å². The smallest absolute Gasteiger partial charge is 0.0698 e. The Balaban J connectivity index is 0.000000216. The number of fused-ring (bicyclic) bond motifs is 2. The molecule has 0 saturated carbocycles. The molecule has 0 saturated heterocycles. The summed E-state index contributed by atoms with van der Waals surface area (Å²) in [6.45, 7) is 1.39. The van der Waals surface area contributed by atoms with Crippen LogP contribution in [0.2, 0.25) is 0 Å². The average molecular weight is 449 g/mol. The Bertz CT molecular complexity index is 578. The van der Waals surface area contributed by atoms with Gasteiger partial charge < -0.3 is 29.9 Å². The molecule has 0 atom stereocenters. The van der Waals surface area contributed by atoms with E-state index in [-0.39, 0.29) is 26.4 Å². The highest BCUT2D eigenvalue weighted by atomic mass is 16.5. The Morgan fingerprint density at radius 3 is 0.938 bits per heavy atom. The van der Waals surface area contributed by atoms with Crippen LogP contribution in [-0.2, 0) is 35.2 Å². The first kappa shape index (κ1) is 28.2. The SMILES string of the molecule is OCCOCCO.OCCOCCO.c1ccc2c(c1)CCC2.c1ccc2c(c1)CCC2. The molecule has 0 aromatic heterocycles. The van der Waals surface area contributed by atoms with Gasteiger partial charge in [0.2, 0.25) is 0 Å². The number of aliphatic hydroxyl groups excluding tert-OH is 4. The van der Waals surface area contributed by atoms with Gasteiger partial charge >= 0.3 is 0 Å². The molecule has 2 aliphatic carbocycles. The van der Waals surface area contributed by atoms with E-state index in [1.54, 1.807) is 22.3 Å². The zero-order chi connectivity index (χ0) is 23.3. The third kappa shape index (κ3) is 12.9. The molecule has 4 rings (SSSR count). The molecule has 2 aromatic carbocycles. The summed E-state index contributed by atoms with van der Waals surface area (Å²) in [5.74, 6) is 0. The summed E-state index contributed by atoms with van der Waals surface area (Å²) in [5, 5.41) is 32.3. The molecular formula is C26H40O6. The molecule has 180 valence electrons. The fraction of sp³-hybridized carbons (Fsp3) is 0.538. The van der Waals surface area contributed by atoms with Crippen molar-refractivity contribution < 1.29 is 29.9 Å². The minimum atomic E-state index is 0.0278. The molecule has 0 unspecified atom stereocenters. The van der Waals surface area contributed by atoms with Crippen molar-refractivity contribution in [1.29, 1.82) is 0 Å². The summed E-state index contributed by atoms with van der Waals surface area (Å²) < 4.78 is 9.26. The lowest BCUT2D eigenvalue weighted by Gasteiger charge is -1.94. The van der Waals surface area contributed by atoms with Crippen LogP contribution in [0.3, 0.4) is 0 Å². The van der Waals surface area contributed by atoms with Crippen LogP contribution in [0.25, 0.3) is 0 Å². The third-order valence-corrected chi connectivity index (χ3v) is 4.96. The average Bonchev–Trinajstić information content (AvgIpc) is 3.51. The van der Waals surface area contributed by atoms with E-state index in [4.69, 9.17) is 20.4 Å². The maximum absolute atomic E-state index is 8.09. The van der Waals surface area contributed by atoms with Crippen molar-refractivity contribution in [2.75, 3.05) is 52.9 Å². The largest absolute Gasteiger partial charge is 0.394 e. The number of ether oxygens (including phenoxy) is 2. The predicted molar refractivity (Wildman–Crippen MR) is 127 cm³/mol. The summed E-state index contributed by atoms with van der Waals surface area (Å²) in [5.41, 5.74) is 6.27. The molecule has 0 bridgehead atoms. The first-order chi connectivity index (χ1) is 15.8. The van der Waals surface area contributed by atoms with E-state index in [9.17, 15) is 0 Å². The van der Waals surface area contributed by atoms with E-state index >= 15 is 0 Å². The Morgan fingerprint density at radius 1 is 0.469 bits per heavy atom. The van der Waals surface area contributed by atoms with Gasteiger partial charge in [-0.2, -0.15) is 0 Å². The predicted octanol–water partition coefficient (Wildman–Crippen LogP) is 2.33. The highest BCUT2D eigenvalue weighted by molar-refractivity contribution is 5.31. The fourth-order valence-corrected chi connectivity index (χ4v) is 3.49. The highest BCUT2D eigenvalue weighted by Crippen LogP contribution is 2.20. The van der Waals surface area contributed by atoms with Crippen LogP contribution in [0.15, 0.2) is 48.5 Å². The summed E-state index contributed by atoms with van der Waals surface area (Å²) >= 11 is 0. The second kappa shape index (κ2) is 19.9. The maximum atomic E-state index is 8.09. The Kier molecular flexibility index (Phi) is 17.5. The van der Waals surface area contributed by atoms with E-state index in [1.807, 2.05) is 0 Å². The van der Waals surface area contributed by atoms with E-state index < -0.39 is 0 Å². The van der Waals surface area contributed by atoms with Crippen LogP contribution >= 0.6 is 0 Å². The first-order valence-corrected chi connectivity index (χ1v) is 11.5. The second-order valence-corrected chi connectivity index (χ2v) is 7.36. The lowest BCUT2D eigenvalue weighted by Crippen LogP contribution is -2.03. The standard InChI is InChI=1S/2C9H10.2C4H10O3/c2*1-2-5-9-7-3-6-8(9)4-1;2*5-1-3-7-4-2-6/h2*1-2,4-5H,3,6-7H2;2*5-6H,1-4H2. The zero-order valence-electron chi connectivity index (χ0n) is 19.1. The Morgan fingerprint density at radius 2 is 0.719 bits per heavy atom. The molecule has 0 heterocycles. The van der Waals surface area contributed by atoms with Crippen LogP contribution in [0.4, 0.5) is 0 Å². The van der Waals surface area contributed by atoms with Crippen LogP contribution in [0, 0.1) is 0 Å². The third-order valence-electron chi connectivity index (χ3n) is 4.96. The monoisotopic (exact) mass is 448 g/mol. The second-order valence-electron chi connectivity index (χ2n) is 7.36. The topological polar surface area (TPSA) is 99.4 Å². The van der Waals surface area contributed by atoms with Crippen molar-refractivity contribution in [2.24, 2.45) is 0 Å². The summed E-state index contributed by atoms with van der Waals surface area (Å²) in [6, 6.07) is 17.5. The van der Waals surface area contributed by atoms with Crippen molar-refractivity contribution >= 4 is 0 Å². The normalized spacial score (nSPS) is 12.9. The number of hydrogen-bond donors (Lipinski definition) is 4. The molecule has 6 heteroatoms. The fourth-order valence-electron chi connectivity index (χ4n) is 3.49. The van der Waals surface area contributed by atoms with Crippen LogP contribution in [-0.4, -0.2) is 73.3 Å². The van der Waals surface area contributed by atoms with Gasteiger partial charge in [-0.1, -0.05) is 48.5 Å². The van der Waals surface area contributed by atoms with Crippen LogP contribution in [0.5, 0.6) is 0 Å². The lowest BCUT2D eigenvalue weighted by atomic mass is 10.1. The van der Waals surface area contributed by atoms with E-state index in [0.29, 0.717) is 26.4 Å². The van der Waals surface area contributed by atoms with Crippen molar-refractivity contribution in [3.8, 4) is 0 Å². The molecular weight excluding hydrogens is 408 g/mol.